The molecule has 3 heteroatoms. The Kier molecular flexibility index (Phi) is 2.13. The molecule has 1 fully saturated rings. The highest BCUT2D eigenvalue weighted by atomic mass is 32.1. The Morgan fingerprint density at radius 1 is 1.90 bits per heavy atom. The standard InChI is InChI=1S/C7H10N2S/c1-3-6-4-8-7(10)9(2)5-6/h1,6H,4-5H2,2H3,(H,8,10). The number of hydrogen-bond donors (Lipinski definition) is 1. The smallest absolute Gasteiger partial charge is 0.168 e. The average Bonchev–Trinajstić information content (AvgIpc) is 1.95. The minimum absolute atomic E-state index is 0.302. The molecule has 1 unspecified atom stereocenters. The molecule has 0 bridgehead atoms. The van der Waals surface area contributed by atoms with Crippen molar-refractivity contribution in [3.63, 3.8) is 0 Å². The van der Waals surface area contributed by atoms with Gasteiger partial charge in [0.05, 0.1) is 5.92 Å². The predicted molar refractivity (Wildman–Crippen MR) is 45.6 cm³/mol. The Labute approximate surface area is 66.6 Å². The first kappa shape index (κ1) is 7.36. The molecule has 0 aliphatic carbocycles. The topological polar surface area (TPSA) is 15.3 Å². The normalized spacial score (nSPS) is 25.4. The molecule has 1 saturated heterocycles. The van der Waals surface area contributed by atoms with E-state index in [2.05, 4.69) is 11.2 Å². The van der Waals surface area contributed by atoms with E-state index in [0.29, 0.717) is 5.92 Å². The lowest BCUT2D eigenvalue weighted by atomic mass is 10.1. The largest absolute Gasteiger partial charge is 0.361 e. The van der Waals surface area contributed by atoms with E-state index in [-0.39, 0.29) is 0 Å². The molecule has 0 aromatic carbocycles. The van der Waals surface area contributed by atoms with Crippen molar-refractivity contribution in [2.75, 3.05) is 20.1 Å². The maximum absolute atomic E-state index is 5.25. The second kappa shape index (κ2) is 2.89. The Morgan fingerprint density at radius 2 is 2.60 bits per heavy atom. The predicted octanol–water partition coefficient (Wildman–Crippen LogP) is 0.0557. The van der Waals surface area contributed by atoms with Gasteiger partial charge in [0.25, 0.3) is 0 Å². The van der Waals surface area contributed by atoms with E-state index in [0.717, 1.165) is 18.2 Å². The van der Waals surface area contributed by atoms with Crippen LogP contribution in [-0.4, -0.2) is 30.1 Å². The Morgan fingerprint density at radius 3 is 3.10 bits per heavy atom. The Balaban J connectivity index is 2.50. The molecule has 0 aromatic heterocycles. The second-order valence-electron chi connectivity index (χ2n) is 2.43. The molecule has 0 saturated carbocycles. The maximum Gasteiger partial charge on any atom is 0.168 e. The summed E-state index contributed by atoms with van der Waals surface area (Å²) in [5, 5.41) is 3.85. The molecule has 10 heavy (non-hydrogen) atoms. The van der Waals surface area contributed by atoms with Crippen LogP contribution in [-0.2, 0) is 0 Å². The summed E-state index contributed by atoms with van der Waals surface area (Å²) >= 11 is 4.98. The molecule has 54 valence electrons. The third-order valence-electron chi connectivity index (χ3n) is 1.58. The van der Waals surface area contributed by atoms with Gasteiger partial charge in [-0.3, -0.25) is 0 Å². The summed E-state index contributed by atoms with van der Waals surface area (Å²) in [6, 6.07) is 0. The number of terminal acetylenes is 1. The summed E-state index contributed by atoms with van der Waals surface area (Å²) < 4.78 is 0. The molecule has 1 atom stereocenters. The van der Waals surface area contributed by atoms with Gasteiger partial charge in [0.2, 0.25) is 0 Å². The number of rotatable bonds is 0. The fourth-order valence-electron chi connectivity index (χ4n) is 0.935. The molecule has 0 spiro atoms. The zero-order valence-corrected chi connectivity index (χ0v) is 6.74. The van der Waals surface area contributed by atoms with Crippen molar-refractivity contribution in [2.24, 2.45) is 5.92 Å². The second-order valence-corrected chi connectivity index (χ2v) is 2.82. The number of nitrogens with one attached hydrogen (secondary N) is 1. The van der Waals surface area contributed by atoms with Crippen LogP contribution in [0, 0.1) is 18.3 Å². The monoisotopic (exact) mass is 154 g/mol. The third kappa shape index (κ3) is 1.39. The Bertz CT molecular complexity index is 183. The van der Waals surface area contributed by atoms with E-state index in [9.17, 15) is 0 Å². The third-order valence-corrected chi connectivity index (χ3v) is 2.03. The van der Waals surface area contributed by atoms with E-state index in [1.54, 1.807) is 0 Å². The first-order valence-corrected chi connectivity index (χ1v) is 3.60. The Hall–Kier alpha value is -0.750. The molecule has 2 nitrogen and oxygen atoms in total. The van der Waals surface area contributed by atoms with Gasteiger partial charge in [-0.2, -0.15) is 0 Å². The van der Waals surface area contributed by atoms with Crippen LogP contribution < -0.4 is 5.32 Å². The summed E-state index contributed by atoms with van der Waals surface area (Å²) in [4.78, 5) is 1.96. The zero-order valence-electron chi connectivity index (χ0n) is 5.92. The molecule has 1 N–H and O–H groups in total. The van der Waals surface area contributed by atoms with Crippen LogP contribution in [0.15, 0.2) is 0 Å². The van der Waals surface area contributed by atoms with Crippen molar-refractivity contribution in [2.45, 2.75) is 0 Å². The first-order chi connectivity index (χ1) is 4.74. The van der Waals surface area contributed by atoms with Gasteiger partial charge in [-0.25, -0.2) is 0 Å². The summed E-state index contributed by atoms with van der Waals surface area (Å²) in [6.07, 6.45) is 5.25. The van der Waals surface area contributed by atoms with Gasteiger partial charge in [0.15, 0.2) is 5.11 Å². The van der Waals surface area contributed by atoms with Gasteiger partial charge in [-0.05, 0) is 12.2 Å². The molecule has 0 aromatic rings. The van der Waals surface area contributed by atoms with Crippen molar-refractivity contribution in [1.82, 2.24) is 10.2 Å². The highest BCUT2D eigenvalue weighted by molar-refractivity contribution is 7.80. The van der Waals surface area contributed by atoms with Gasteiger partial charge in [-0.15, -0.1) is 6.42 Å². The fourth-order valence-corrected chi connectivity index (χ4v) is 1.09. The van der Waals surface area contributed by atoms with E-state index in [4.69, 9.17) is 18.6 Å². The maximum atomic E-state index is 5.25. The lowest BCUT2D eigenvalue weighted by molar-refractivity contribution is 0.390. The molecule has 1 heterocycles. The molecule has 1 aliphatic rings. The zero-order chi connectivity index (χ0) is 7.56. The average molecular weight is 154 g/mol. The summed E-state index contributed by atoms with van der Waals surface area (Å²) in [7, 11) is 1.94. The van der Waals surface area contributed by atoms with Crippen molar-refractivity contribution in [3.8, 4) is 12.3 Å². The van der Waals surface area contributed by atoms with E-state index in [1.807, 2.05) is 11.9 Å². The van der Waals surface area contributed by atoms with Crippen molar-refractivity contribution < 1.29 is 0 Å². The summed E-state index contributed by atoms with van der Waals surface area (Å²) in [5.41, 5.74) is 0. The quantitative estimate of drug-likeness (QED) is 0.392. The molecular weight excluding hydrogens is 144 g/mol. The van der Waals surface area contributed by atoms with Crippen molar-refractivity contribution in [1.29, 1.82) is 0 Å². The van der Waals surface area contributed by atoms with Crippen LogP contribution in [0.4, 0.5) is 0 Å². The van der Waals surface area contributed by atoms with E-state index >= 15 is 0 Å². The lowest BCUT2D eigenvalue weighted by Gasteiger charge is -2.29. The van der Waals surface area contributed by atoms with Crippen LogP contribution >= 0.6 is 12.2 Å². The van der Waals surface area contributed by atoms with Gasteiger partial charge in [0, 0.05) is 20.1 Å². The molecule has 0 amide bonds. The highest BCUT2D eigenvalue weighted by Crippen LogP contribution is 2.02. The SMILES string of the molecule is C#CC1CNC(=S)N(C)C1. The van der Waals surface area contributed by atoms with Crippen molar-refractivity contribution in [3.05, 3.63) is 0 Å². The minimum atomic E-state index is 0.302. The van der Waals surface area contributed by atoms with Crippen LogP contribution in [0.1, 0.15) is 0 Å². The summed E-state index contributed by atoms with van der Waals surface area (Å²) in [6.45, 7) is 1.70. The number of thiocarbonyl (C=S) groups is 1. The van der Waals surface area contributed by atoms with Crippen molar-refractivity contribution >= 4 is 17.3 Å². The van der Waals surface area contributed by atoms with Gasteiger partial charge in [0.1, 0.15) is 0 Å². The van der Waals surface area contributed by atoms with Crippen LogP contribution in [0.5, 0.6) is 0 Å². The van der Waals surface area contributed by atoms with Crippen LogP contribution in [0.2, 0.25) is 0 Å². The van der Waals surface area contributed by atoms with Crippen LogP contribution in [0.3, 0.4) is 0 Å². The fraction of sp³-hybridized carbons (Fsp3) is 0.571. The molecule has 1 aliphatic heterocycles. The molecular formula is C7H10N2S. The highest BCUT2D eigenvalue weighted by Gasteiger charge is 2.16. The summed E-state index contributed by atoms with van der Waals surface area (Å²) in [5.74, 6) is 2.99. The number of hydrogen-bond acceptors (Lipinski definition) is 1. The van der Waals surface area contributed by atoms with Gasteiger partial charge >= 0.3 is 0 Å². The molecule has 0 radical (unpaired) electrons. The first-order valence-electron chi connectivity index (χ1n) is 3.19. The number of nitrogens with zero attached hydrogens (tertiary/aromatic N) is 1. The van der Waals surface area contributed by atoms with Gasteiger partial charge in [-0.1, -0.05) is 5.92 Å². The van der Waals surface area contributed by atoms with Gasteiger partial charge < -0.3 is 10.2 Å². The van der Waals surface area contributed by atoms with Crippen LogP contribution in [0.25, 0.3) is 0 Å². The van der Waals surface area contributed by atoms with E-state index < -0.39 is 0 Å². The molecule has 1 rings (SSSR count). The lowest BCUT2D eigenvalue weighted by Crippen LogP contribution is -2.48. The minimum Gasteiger partial charge on any atom is -0.361 e. The van der Waals surface area contributed by atoms with E-state index in [1.165, 1.54) is 0 Å².